The lowest BCUT2D eigenvalue weighted by atomic mass is 9.89. The second kappa shape index (κ2) is 8.31. The molecule has 2 saturated heterocycles. The molecule has 0 saturated carbocycles. The number of hydrogen-bond acceptors (Lipinski definition) is 7. The van der Waals surface area contributed by atoms with Crippen molar-refractivity contribution in [2.45, 2.75) is 50.6 Å². The molecule has 2 fully saturated rings. The molecule has 0 spiro atoms. The fraction of sp³-hybridized carbons (Fsp3) is 0.588. The monoisotopic (exact) mass is 403 g/mol. The number of aryl methyl sites for hydroxylation is 1. The van der Waals surface area contributed by atoms with Crippen LogP contribution in [0.5, 0.6) is 0 Å². The summed E-state index contributed by atoms with van der Waals surface area (Å²) in [5.74, 6) is -1.15. The molecule has 1 N–H and O–H groups in total. The van der Waals surface area contributed by atoms with E-state index >= 15 is 0 Å². The van der Waals surface area contributed by atoms with Gasteiger partial charge in [0.15, 0.2) is 0 Å². The zero-order valence-electron chi connectivity index (χ0n) is 15.1. The summed E-state index contributed by atoms with van der Waals surface area (Å²) in [4.78, 5) is 11.4. The summed E-state index contributed by atoms with van der Waals surface area (Å²) in [6.07, 6.45) is 0.779. The number of hydrogen-bond donors (Lipinski definition) is 1. The van der Waals surface area contributed by atoms with E-state index in [1.807, 2.05) is 19.3 Å². The van der Waals surface area contributed by atoms with Gasteiger partial charge in [-0.2, -0.15) is 13.2 Å². The van der Waals surface area contributed by atoms with Crippen LogP contribution in [-0.4, -0.2) is 57.6 Å². The topological polar surface area (TPSA) is 102 Å². The van der Waals surface area contributed by atoms with E-state index in [1.54, 1.807) is 6.26 Å². The zero-order chi connectivity index (χ0) is 20.3. The van der Waals surface area contributed by atoms with Gasteiger partial charge in [-0.3, -0.25) is 4.90 Å². The molecule has 8 nitrogen and oxygen atoms in total. The fourth-order valence-corrected chi connectivity index (χ4v) is 3.51. The SMILES string of the molecule is Cc1nnc([C@H]2C[C@H]3OCC[C@H]3N(Cc3ccoc3)C2)o1.O=C(O)C(F)(F)F. The van der Waals surface area contributed by atoms with Crippen molar-refractivity contribution in [1.82, 2.24) is 15.1 Å². The lowest BCUT2D eigenvalue weighted by Crippen LogP contribution is -2.48. The summed E-state index contributed by atoms with van der Waals surface area (Å²) in [6.45, 7) is 4.48. The molecule has 28 heavy (non-hydrogen) atoms. The van der Waals surface area contributed by atoms with Crippen LogP contribution in [0.15, 0.2) is 27.4 Å². The third-order valence-corrected chi connectivity index (χ3v) is 4.71. The minimum absolute atomic E-state index is 0.248. The van der Waals surface area contributed by atoms with Crippen molar-refractivity contribution < 1.29 is 36.6 Å². The Morgan fingerprint density at radius 1 is 1.39 bits per heavy atom. The van der Waals surface area contributed by atoms with Gasteiger partial charge in [-0.15, -0.1) is 10.2 Å². The van der Waals surface area contributed by atoms with Gasteiger partial charge in [-0.1, -0.05) is 0 Å². The highest BCUT2D eigenvalue weighted by atomic mass is 19.4. The molecule has 2 aromatic heterocycles. The van der Waals surface area contributed by atoms with E-state index in [0.29, 0.717) is 11.9 Å². The third kappa shape index (κ3) is 4.90. The average molecular weight is 403 g/mol. The van der Waals surface area contributed by atoms with E-state index in [1.165, 1.54) is 5.56 Å². The van der Waals surface area contributed by atoms with Gasteiger partial charge in [0, 0.05) is 38.2 Å². The van der Waals surface area contributed by atoms with E-state index in [-0.39, 0.29) is 12.0 Å². The minimum atomic E-state index is -5.08. The molecule has 0 amide bonds. The first-order chi connectivity index (χ1) is 13.2. The van der Waals surface area contributed by atoms with Gasteiger partial charge in [0.25, 0.3) is 0 Å². The summed E-state index contributed by atoms with van der Waals surface area (Å²) < 4.78 is 48.5. The molecule has 0 aromatic carbocycles. The second-order valence-electron chi connectivity index (χ2n) is 6.72. The van der Waals surface area contributed by atoms with Crippen LogP contribution >= 0.6 is 0 Å². The van der Waals surface area contributed by atoms with Crippen molar-refractivity contribution >= 4 is 5.97 Å². The van der Waals surface area contributed by atoms with Crippen LogP contribution in [0.3, 0.4) is 0 Å². The molecular formula is C17H20F3N3O5. The Labute approximate surface area is 158 Å². The normalized spacial score (nSPS) is 25.1. The van der Waals surface area contributed by atoms with Crippen LogP contribution in [-0.2, 0) is 16.1 Å². The standard InChI is InChI=1S/C15H19N3O3.C2HF3O2/c1-10-16-17-15(21-10)12-6-14-13(3-5-20-14)18(8-12)7-11-2-4-19-9-11;3-2(4,5)1(6)7/h2,4,9,12-14H,3,5-8H2,1H3;(H,6,7)/t12-,13+,14+;/m0./s1. The number of likely N-dealkylation sites (tertiary alicyclic amines) is 1. The number of alkyl halides is 3. The number of aliphatic carboxylic acids is 1. The van der Waals surface area contributed by atoms with Crippen LogP contribution in [0.25, 0.3) is 0 Å². The number of rotatable bonds is 3. The van der Waals surface area contributed by atoms with Gasteiger partial charge in [0.2, 0.25) is 11.8 Å². The van der Waals surface area contributed by atoms with Gasteiger partial charge in [-0.25, -0.2) is 4.79 Å². The highest BCUT2D eigenvalue weighted by Gasteiger charge is 2.42. The first kappa shape index (κ1) is 20.3. The van der Waals surface area contributed by atoms with E-state index in [9.17, 15) is 13.2 Å². The molecule has 154 valence electrons. The summed E-state index contributed by atoms with van der Waals surface area (Å²) in [5, 5.41) is 15.3. The number of fused-ring (bicyclic) bond motifs is 1. The first-order valence-corrected chi connectivity index (χ1v) is 8.71. The Hall–Kier alpha value is -2.40. The van der Waals surface area contributed by atoms with E-state index in [2.05, 4.69) is 15.1 Å². The van der Waals surface area contributed by atoms with Crippen molar-refractivity contribution in [3.8, 4) is 0 Å². The van der Waals surface area contributed by atoms with E-state index < -0.39 is 12.1 Å². The molecule has 4 heterocycles. The predicted octanol–water partition coefficient (Wildman–Crippen LogP) is 2.75. The predicted molar refractivity (Wildman–Crippen MR) is 87.3 cm³/mol. The molecule has 0 bridgehead atoms. The molecule has 0 radical (unpaired) electrons. The fourth-order valence-electron chi connectivity index (χ4n) is 3.51. The number of carbonyl (C=O) groups is 1. The molecule has 4 rings (SSSR count). The highest BCUT2D eigenvalue weighted by molar-refractivity contribution is 5.73. The Morgan fingerprint density at radius 3 is 2.71 bits per heavy atom. The molecule has 11 heteroatoms. The van der Waals surface area contributed by atoms with Crippen LogP contribution < -0.4 is 0 Å². The lowest BCUT2D eigenvalue weighted by molar-refractivity contribution is -0.192. The summed E-state index contributed by atoms with van der Waals surface area (Å²) in [7, 11) is 0. The van der Waals surface area contributed by atoms with Crippen molar-refractivity contribution in [2.24, 2.45) is 0 Å². The maximum absolute atomic E-state index is 10.6. The molecule has 0 aliphatic carbocycles. The number of piperidine rings is 1. The molecule has 2 aliphatic heterocycles. The zero-order valence-corrected chi connectivity index (χ0v) is 15.1. The molecule has 2 aliphatic rings. The number of aromatic nitrogens is 2. The van der Waals surface area contributed by atoms with E-state index in [4.69, 9.17) is 23.5 Å². The van der Waals surface area contributed by atoms with Gasteiger partial charge >= 0.3 is 12.1 Å². The minimum Gasteiger partial charge on any atom is -0.475 e. The third-order valence-electron chi connectivity index (χ3n) is 4.71. The first-order valence-electron chi connectivity index (χ1n) is 8.71. The van der Waals surface area contributed by atoms with Crippen molar-refractivity contribution in [1.29, 1.82) is 0 Å². The van der Waals surface area contributed by atoms with Gasteiger partial charge in [0.1, 0.15) is 0 Å². The van der Waals surface area contributed by atoms with Gasteiger partial charge < -0.3 is 18.7 Å². The van der Waals surface area contributed by atoms with Crippen molar-refractivity contribution in [2.75, 3.05) is 13.2 Å². The largest absolute Gasteiger partial charge is 0.490 e. The van der Waals surface area contributed by atoms with Crippen LogP contribution in [0.2, 0.25) is 0 Å². The Morgan fingerprint density at radius 2 is 2.14 bits per heavy atom. The number of carboxylic acids is 1. The van der Waals surface area contributed by atoms with Crippen LogP contribution in [0, 0.1) is 6.92 Å². The average Bonchev–Trinajstić information content (AvgIpc) is 3.35. The smallest absolute Gasteiger partial charge is 0.475 e. The molecule has 0 unspecified atom stereocenters. The van der Waals surface area contributed by atoms with Gasteiger partial charge in [-0.05, 0) is 18.9 Å². The van der Waals surface area contributed by atoms with E-state index in [0.717, 1.165) is 38.4 Å². The van der Waals surface area contributed by atoms with Crippen molar-refractivity contribution in [3.05, 3.63) is 35.9 Å². The maximum atomic E-state index is 10.6. The number of halogens is 3. The number of carboxylic acid groups (broad SMARTS) is 1. The summed E-state index contributed by atoms with van der Waals surface area (Å²) in [5.41, 5.74) is 1.20. The van der Waals surface area contributed by atoms with Crippen molar-refractivity contribution in [3.63, 3.8) is 0 Å². The number of nitrogens with zero attached hydrogens (tertiary/aromatic N) is 3. The number of furan rings is 1. The van der Waals surface area contributed by atoms with Crippen LogP contribution in [0.4, 0.5) is 13.2 Å². The Bertz CT molecular complexity index is 777. The maximum Gasteiger partial charge on any atom is 0.490 e. The quantitative estimate of drug-likeness (QED) is 0.835. The lowest BCUT2D eigenvalue weighted by Gasteiger charge is -2.39. The summed E-state index contributed by atoms with van der Waals surface area (Å²) >= 11 is 0. The Kier molecular flexibility index (Phi) is 6.04. The number of ether oxygens (including phenoxy) is 1. The molecule has 3 atom stereocenters. The molecule has 2 aromatic rings. The Balaban J connectivity index is 0.000000279. The molecular weight excluding hydrogens is 383 g/mol. The van der Waals surface area contributed by atoms with Gasteiger partial charge in [0.05, 0.1) is 24.5 Å². The summed E-state index contributed by atoms with van der Waals surface area (Å²) in [6, 6.07) is 2.51. The van der Waals surface area contributed by atoms with Crippen LogP contribution in [0.1, 0.15) is 36.1 Å². The highest BCUT2D eigenvalue weighted by Crippen LogP contribution is 2.36. The second-order valence-corrected chi connectivity index (χ2v) is 6.72.